The van der Waals surface area contributed by atoms with Crippen molar-refractivity contribution in [3.8, 4) is 11.5 Å². The lowest BCUT2D eigenvalue weighted by Gasteiger charge is -2.25. The van der Waals surface area contributed by atoms with Gasteiger partial charge in [0.25, 0.3) is 0 Å². The minimum absolute atomic E-state index is 0.0347. The molecule has 1 heterocycles. The van der Waals surface area contributed by atoms with Gasteiger partial charge in [0, 0.05) is 12.5 Å². The second-order valence-electron chi connectivity index (χ2n) is 5.86. The van der Waals surface area contributed by atoms with Gasteiger partial charge in [0.15, 0.2) is 0 Å². The molecule has 0 radical (unpaired) electrons. The number of alkyl halides is 3. The molecule has 3 rings (SSSR count). The third-order valence-electron chi connectivity index (χ3n) is 3.89. The summed E-state index contributed by atoms with van der Waals surface area (Å²) >= 11 is 0. The Labute approximate surface area is 148 Å². The van der Waals surface area contributed by atoms with Crippen LogP contribution in [0.2, 0.25) is 0 Å². The van der Waals surface area contributed by atoms with E-state index >= 15 is 0 Å². The Morgan fingerprint density at radius 1 is 1.12 bits per heavy atom. The van der Waals surface area contributed by atoms with Gasteiger partial charge in [-0.1, -0.05) is 18.2 Å². The Kier molecular flexibility index (Phi) is 5.10. The fourth-order valence-corrected chi connectivity index (χ4v) is 3.77. The fraction of sp³-hybridized carbons (Fsp3) is 0.294. The number of para-hydroxylation sites is 1. The summed E-state index contributed by atoms with van der Waals surface area (Å²) in [6, 6.07) is 11.6. The normalized spacial score (nSPS) is 17.3. The van der Waals surface area contributed by atoms with Crippen molar-refractivity contribution in [3.63, 3.8) is 0 Å². The molecule has 26 heavy (non-hydrogen) atoms. The molecule has 1 aliphatic rings. The van der Waals surface area contributed by atoms with Crippen LogP contribution in [-0.2, 0) is 16.4 Å². The lowest BCUT2D eigenvalue weighted by molar-refractivity contribution is -0.274. The Bertz CT molecular complexity index is 866. The zero-order valence-corrected chi connectivity index (χ0v) is 14.3. The number of fused-ring (bicyclic) bond motifs is 1. The lowest BCUT2D eigenvalue weighted by atomic mass is 9.97. The molecule has 0 fully saturated rings. The first-order chi connectivity index (χ1) is 12.2. The highest BCUT2D eigenvalue weighted by atomic mass is 32.2. The first-order valence-corrected chi connectivity index (χ1v) is 9.27. The Morgan fingerprint density at radius 2 is 1.81 bits per heavy atom. The molecular formula is C17H16F3NO4S. The molecule has 1 atom stereocenters. The molecule has 1 unspecified atom stereocenters. The van der Waals surface area contributed by atoms with E-state index in [1.54, 1.807) is 0 Å². The average molecular weight is 387 g/mol. The van der Waals surface area contributed by atoms with Gasteiger partial charge in [0.05, 0.1) is 11.5 Å². The van der Waals surface area contributed by atoms with Crippen LogP contribution in [0, 0.1) is 5.92 Å². The standard InChI is InChI=1S/C17H16F3NO4S/c18-17(19,20)25-14-5-7-15(8-6-14)26(22,23)21-10-12-9-13-3-1-2-4-16(13)24-11-12/h1-8,12,21H,9-11H2. The van der Waals surface area contributed by atoms with Crippen molar-refractivity contribution in [2.75, 3.05) is 13.2 Å². The molecule has 0 aliphatic carbocycles. The van der Waals surface area contributed by atoms with Gasteiger partial charge in [0.2, 0.25) is 10.0 Å². The number of ether oxygens (including phenoxy) is 2. The number of hydrogen-bond donors (Lipinski definition) is 1. The molecule has 5 nitrogen and oxygen atoms in total. The van der Waals surface area contributed by atoms with E-state index in [1.807, 2.05) is 24.3 Å². The van der Waals surface area contributed by atoms with Gasteiger partial charge >= 0.3 is 6.36 Å². The van der Waals surface area contributed by atoms with Crippen LogP contribution >= 0.6 is 0 Å². The fourth-order valence-electron chi connectivity index (χ4n) is 2.65. The van der Waals surface area contributed by atoms with Crippen LogP contribution in [0.4, 0.5) is 13.2 Å². The first-order valence-electron chi connectivity index (χ1n) is 7.79. The van der Waals surface area contributed by atoms with Crippen LogP contribution < -0.4 is 14.2 Å². The first kappa shape index (κ1) is 18.5. The molecule has 0 bridgehead atoms. The molecule has 1 N–H and O–H groups in total. The van der Waals surface area contributed by atoms with E-state index < -0.39 is 22.1 Å². The van der Waals surface area contributed by atoms with Crippen LogP contribution in [0.5, 0.6) is 11.5 Å². The molecule has 9 heteroatoms. The van der Waals surface area contributed by atoms with Crippen molar-refractivity contribution >= 4 is 10.0 Å². The van der Waals surface area contributed by atoms with Gasteiger partial charge in [-0.3, -0.25) is 0 Å². The second-order valence-corrected chi connectivity index (χ2v) is 7.63. The molecule has 0 amide bonds. The van der Waals surface area contributed by atoms with Crippen LogP contribution in [0.15, 0.2) is 53.4 Å². The van der Waals surface area contributed by atoms with E-state index in [0.29, 0.717) is 13.0 Å². The molecule has 0 spiro atoms. The average Bonchev–Trinajstić information content (AvgIpc) is 2.59. The predicted octanol–water partition coefficient (Wildman–Crippen LogP) is 3.11. The molecule has 140 valence electrons. The lowest BCUT2D eigenvalue weighted by Crippen LogP contribution is -2.34. The van der Waals surface area contributed by atoms with Gasteiger partial charge in [-0.05, 0) is 42.3 Å². The zero-order chi connectivity index (χ0) is 18.8. The monoisotopic (exact) mass is 387 g/mol. The number of rotatable bonds is 5. The third kappa shape index (κ3) is 4.67. The summed E-state index contributed by atoms with van der Waals surface area (Å²) in [5.74, 6) is 0.285. The number of sulfonamides is 1. The highest BCUT2D eigenvalue weighted by Gasteiger charge is 2.31. The van der Waals surface area contributed by atoms with Crippen molar-refractivity contribution in [1.29, 1.82) is 0 Å². The summed E-state index contributed by atoms with van der Waals surface area (Å²) in [5.41, 5.74) is 1.01. The molecule has 0 saturated heterocycles. The summed E-state index contributed by atoms with van der Waals surface area (Å²) in [4.78, 5) is -0.135. The number of benzene rings is 2. The number of nitrogens with one attached hydrogen (secondary N) is 1. The van der Waals surface area contributed by atoms with Crippen LogP contribution in [-0.4, -0.2) is 27.9 Å². The van der Waals surface area contributed by atoms with E-state index in [9.17, 15) is 21.6 Å². The highest BCUT2D eigenvalue weighted by Crippen LogP contribution is 2.27. The molecule has 2 aromatic carbocycles. The molecule has 0 aromatic heterocycles. The Morgan fingerprint density at radius 3 is 2.50 bits per heavy atom. The van der Waals surface area contributed by atoms with Crippen LogP contribution in [0.3, 0.4) is 0 Å². The molecular weight excluding hydrogens is 371 g/mol. The summed E-state index contributed by atoms with van der Waals surface area (Å²) in [7, 11) is -3.84. The highest BCUT2D eigenvalue weighted by molar-refractivity contribution is 7.89. The van der Waals surface area contributed by atoms with Crippen molar-refractivity contribution in [1.82, 2.24) is 4.72 Å². The van der Waals surface area contributed by atoms with E-state index in [-0.39, 0.29) is 17.4 Å². The van der Waals surface area contributed by atoms with E-state index in [2.05, 4.69) is 9.46 Å². The minimum Gasteiger partial charge on any atom is -0.493 e. The van der Waals surface area contributed by atoms with Gasteiger partial charge in [-0.25, -0.2) is 13.1 Å². The number of hydrogen-bond acceptors (Lipinski definition) is 4. The smallest absolute Gasteiger partial charge is 0.493 e. The van der Waals surface area contributed by atoms with Crippen molar-refractivity contribution in [3.05, 3.63) is 54.1 Å². The van der Waals surface area contributed by atoms with Gasteiger partial charge in [-0.15, -0.1) is 13.2 Å². The van der Waals surface area contributed by atoms with Crippen LogP contribution in [0.25, 0.3) is 0 Å². The predicted molar refractivity (Wildman–Crippen MR) is 87.4 cm³/mol. The quantitative estimate of drug-likeness (QED) is 0.856. The van der Waals surface area contributed by atoms with E-state index in [0.717, 1.165) is 35.6 Å². The van der Waals surface area contributed by atoms with Crippen molar-refractivity contribution in [2.45, 2.75) is 17.7 Å². The largest absolute Gasteiger partial charge is 0.573 e. The maximum atomic E-state index is 12.3. The Balaban J connectivity index is 1.61. The summed E-state index contributed by atoms with van der Waals surface area (Å²) < 4.78 is 72.8. The van der Waals surface area contributed by atoms with Gasteiger partial charge < -0.3 is 9.47 Å². The summed E-state index contributed by atoms with van der Waals surface area (Å²) in [5, 5.41) is 0. The maximum absolute atomic E-state index is 12.3. The van der Waals surface area contributed by atoms with Crippen molar-refractivity contribution in [2.24, 2.45) is 5.92 Å². The van der Waals surface area contributed by atoms with Gasteiger partial charge in [0.1, 0.15) is 11.5 Å². The molecule has 2 aromatic rings. The van der Waals surface area contributed by atoms with Crippen molar-refractivity contribution < 1.29 is 31.1 Å². The molecule has 1 aliphatic heterocycles. The van der Waals surface area contributed by atoms with Gasteiger partial charge in [-0.2, -0.15) is 0 Å². The second kappa shape index (κ2) is 7.16. The zero-order valence-electron chi connectivity index (χ0n) is 13.5. The van der Waals surface area contributed by atoms with Crippen LogP contribution in [0.1, 0.15) is 5.56 Å². The SMILES string of the molecule is O=S(=O)(NCC1COc2ccccc2C1)c1ccc(OC(F)(F)F)cc1. The summed E-state index contributed by atoms with van der Waals surface area (Å²) in [6.07, 6.45) is -4.15. The Hall–Kier alpha value is -2.26. The number of halogens is 3. The third-order valence-corrected chi connectivity index (χ3v) is 5.32. The van der Waals surface area contributed by atoms with E-state index in [4.69, 9.17) is 4.74 Å². The van der Waals surface area contributed by atoms with E-state index in [1.165, 1.54) is 0 Å². The molecule has 0 saturated carbocycles. The topological polar surface area (TPSA) is 64.6 Å². The maximum Gasteiger partial charge on any atom is 0.573 e. The minimum atomic E-state index is -4.82. The summed E-state index contributed by atoms with van der Waals surface area (Å²) in [6.45, 7) is 0.551.